The van der Waals surface area contributed by atoms with E-state index in [0.29, 0.717) is 38.5 Å². The first-order valence-electron chi connectivity index (χ1n) is 20.2. The predicted octanol–water partition coefficient (Wildman–Crippen LogP) is 7.23. The number of nitrogens with one attached hydrogen (secondary N) is 1. The van der Waals surface area contributed by atoms with Crippen molar-refractivity contribution in [1.82, 2.24) is 14.6 Å². The van der Waals surface area contributed by atoms with Crippen molar-refractivity contribution in [2.24, 2.45) is 17.3 Å². The Morgan fingerprint density at radius 1 is 1.07 bits per heavy atom. The molecule has 2 saturated carbocycles. The van der Waals surface area contributed by atoms with Crippen LogP contribution in [-0.4, -0.2) is 77.5 Å². The molecule has 2 amide bonds. The number of allylic oxidation sites excluding steroid dienone is 2. The molecule has 1 aromatic heterocycles. The summed E-state index contributed by atoms with van der Waals surface area (Å²) in [6.07, 6.45) is -1.66. The van der Waals surface area contributed by atoms with E-state index in [2.05, 4.69) is 9.71 Å². The summed E-state index contributed by atoms with van der Waals surface area (Å²) in [5.41, 5.74) is -6.21. The van der Waals surface area contributed by atoms with Gasteiger partial charge in [-0.1, -0.05) is 25.0 Å². The molecule has 3 aliphatic heterocycles. The zero-order valence-electron chi connectivity index (χ0n) is 33.9. The number of alkyl halides is 4. The number of nitrogens with zero attached hydrogens (tertiary/aromatic N) is 2. The smallest absolute Gasteiger partial charge is 0.437 e. The van der Waals surface area contributed by atoms with E-state index in [0.717, 1.165) is 0 Å². The monoisotopic (exact) mass is 849 g/mol. The lowest BCUT2D eigenvalue weighted by Crippen LogP contribution is -2.48. The number of benzene rings is 1. The number of fused-ring (bicyclic) bond motifs is 5. The Hall–Kier alpha value is -4.28. The van der Waals surface area contributed by atoms with Gasteiger partial charge in [0.15, 0.2) is 17.2 Å². The van der Waals surface area contributed by atoms with Crippen LogP contribution in [0.25, 0.3) is 10.9 Å². The van der Waals surface area contributed by atoms with E-state index in [1.807, 2.05) is 12.2 Å². The van der Waals surface area contributed by atoms with Crippen LogP contribution in [0.4, 0.5) is 17.6 Å². The number of carbonyl (C=O) groups is 4. The van der Waals surface area contributed by atoms with Crippen LogP contribution in [0.15, 0.2) is 30.4 Å². The molecular formula is C42H51F4N3O9S. The molecule has 0 bridgehead atoms. The standard InChI is InChI=1S/C42H51F4N3O9S/c1-38(2,3)57-32(51)17-24-11-9-7-6-8-10-12-25-19-41(25,37(53)48-59(54,55)39(4)15-16-39)22-31(50)30-21-40(23-49(30)36(24)52)20-28(43)33-27-18-26(56-5)13-14-29(27)47-35(34(33)58-40)42(44,45)46/h10,12-14,18,24-25,28,30H,6-9,11,15-17,19-23H2,1-5H3,(H,48,53)/b12-10-/t24-,25-,28-,30+,40-,41-/m1/s1. The second kappa shape index (κ2) is 15.0. The minimum atomic E-state index is -5.09. The van der Waals surface area contributed by atoms with Gasteiger partial charge in [0.05, 0.1) is 41.8 Å². The van der Waals surface area contributed by atoms with E-state index in [4.69, 9.17) is 14.2 Å². The van der Waals surface area contributed by atoms with Crippen molar-refractivity contribution in [2.75, 3.05) is 13.7 Å². The second-order valence-electron chi connectivity index (χ2n) is 18.3. The number of halogens is 4. The lowest BCUT2D eigenvalue weighted by molar-refractivity contribution is -0.159. The van der Waals surface area contributed by atoms with Gasteiger partial charge in [0.25, 0.3) is 0 Å². The number of hydrogen-bond donors (Lipinski definition) is 1. The lowest BCUT2D eigenvalue weighted by Gasteiger charge is -2.38. The molecule has 59 heavy (non-hydrogen) atoms. The van der Waals surface area contributed by atoms with Crippen molar-refractivity contribution >= 4 is 44.5 Å². The minimum Gasteiger partial charge on any atom is -0.497 e. The Balaban J connectivity index is 1.29. The van der Waals surface area contributed by atoms with Crippen molar-refractivity contribution in [3.05, 3.63) is 41.6 Å². The highest BCUT2D eigenvalue weighted by Crippen LogP contribution is 2.59. The molecule has 1 saturated heterocycles. The van der Waals surface area contributed by atoms with Gasteiger partial charge in [-0.3, -0.25) is 23.9 Å². The number of methoxy groups -OCH3 is 1. The van der Waals surface area contributed by atoms with Crippen molar-refractivity contribution in [3.63, 3.8) is 0 Å². The maximum atomic E-state index is 16.8. The van der Waals surface area contributed by atoms with Crippen molar-refractivity contribution in [1.29, 1.82) is 0 Å². The van der Waals surface area contributed by atoms with Crippen LogP contribution in [0.5, 0.6) is 11.5 Å². The highest BCUT2D eigenvalue weighted by atomic mass is 32.2. The number of Topliss-reactive ketones (excluding diaryl/α,β-unsaturated/α-hetero) is 1. The molecule has 3 fully saturated rings. The molecule has 17 heteroatoms. The zero-order valence-corrected chi connectivity index (χ0v) is 34.7. The average molecular weight is 850 g/mol. The van der Waals surface area contributed by atoms with E-state index in [1.165, 1.54) is 37.1 Å². The fourth-order valence-electron chi connectivity index (χ4n) is 8.93. The molecule has 12 nitrogen and oxygen atoms in total. The second-order valence-corrected chi connectivity index (χ2v) is 20.5. The quantitative estimate of drug-likeness (QED) is 0.179. The highest BCUT2D eigenvalue weighted by molar-refractivity contribution is 7.91. The lowest BCUT2D eigenvalue weighted by atomic mass is 9.84. The third-order valence-electron chi connectivity index (χ3n) is 12.6. The summed E-state index contributed by atoms with van der Waals surface area (Å²) in [5, 5.41) is 0.0444. The molecule has 5 aliphatic rings. The summed E-state index contributed by atoms with van der Waals surface area (Å²) in [6.45, 7) is 6.06. The number of hydrogen-bond acceptors (Lipinski definition) is 10. The van der Waals surface area contributed by atoms with Gasteiger partial charge in [0.2, 0.25) is 21.8 Å². The number of rotatable bonds is 6. The van der Waals surface area contributed by atoms with E-state index in [9.17, 15) is 40.8 Å². The third-order valence-corrected chi connectivity index (χ3v) is 14.7. The first-order chi connectivity index (χ1) is 27.5. The largest absolute Gasteiger partial charge is 0.497 e. The first-order valence-corrected chi connectivity index (χ1v) is 21.7. The first kappa shape index (κ1) is 42.8. The van der Waals surface area contributed by atoms with E-state index >= 15 is 4.39 Å². The van der Waals surface area contributed by atoms with Crippen LogP contribution in [0, 0.1) is 17.3 Å². The summed E-state index contributed by atoms with van der Waals surface area (Å²) in [7, 11) is -2.74. The number of esters is 1. The molecule has 1 aromatic carbocycles. The summed E-state index contributed by atoms with van der Waals surface area (Å²) in [4.78, 5) is 61.7. The normalized spacial score (nSPS) is 30.2. The van der Waals surface area contributed by atoms with E-state index in [-0.39, 0.29) is 41.5 Å². The van der Waals surface area contributed by atoms with Crippen LogP contribution >= 0.6 is 0 Å². The number of aromatic nitrogens is 1. The number of pyridine rings is 1. The Kier molecular flexibility index (Phi) is 10.9. The number of ether oxygens (including phenoxy) is 3. The van der Waals surface area contributed by atoms with Gasteiger partial charge in [0, 0.05) is 36.1 Å². The number of ketones is 1. The fourth-order valence-corrected chi connectivity index (χ4v) is 10.3. The summed E-state index contributed by atoms with van der Waals surface area (Å²) >= 11 is 0. The summed E-state index contributed by atoms with van der Waals surface area (Å²) in [5.74, 6) is -4.94. The van der Waals surface area contributed by atoms with Gasteiger partial charge in [0.1, 0.15) is 23.1 Å². The van der Waals surface area contributed by atoms with E-state index < -0.39 is 122 Å². The van der Waals surface area contributed by atoms with Gasteiger partial charge >= 0.3 is 12.1 Å². The minimum absolute atomic E-state index is 0.0444. The zero-order chi connectivity index (χ0) is 42.9. The number of sulfonamides is 1. The maximum Gasteiger partial charge on any atom is 0.437 e. The van der Waals surface area contributed by atoms with Crippen LogP contribution in [0.2, 0.25) is 0 Å². The van der Waals surface area contributed by atoms with Gasteiger partial charge < -0.3 is 19.1 Å². The van der Waals surface area contributed by atoms with Crippen molar-refractivity contribution < 1.29 is 59.4 Å². The SMILES string of the molecule is COc1ccc2nc(C(F)(F)F)c3c(c2c1)[C@H](F)C[C@]1(C[C@H]2C(=O)C[C@]4(C(=O)NS(=O)(=O)C5(C)CC5)C[C@H]4/C=C\CCCCC[C@H](CC(=O)OC(C)(C)C)C(=O)N2C1)O3. The molecule has 0 unspecified atom stereocenters. The molecule has 322 valence electrons. The Bertz CT molecular complexity index is 2200. The van der Waals surface area contributed by atoms with Crippen LogP contribution in [-0.2, 0) is 40.1 Å². The Labute approximate surface area is 340 Å². The topological polar surface area (TPSA) is 158 Å². The van der Waals surface area contributed by atoms with Crippen LogP contribution in [0.3, 0.4) is 0 Å². The summed E-state index contributed by atoms with van der Waals surface area (Å²) in [6, 6.07) is 2.65. The molecule has 2 aliphatic carbocycles. The third kappa shape index (κ3) is 8.41. The van der Waals surface area contributed by atoms with Crippen molar-refractivity contribution in [2.45, 2.75) is 139 Å². The molecular weight excluding hydrogens is 799 g/mol. The molecule has 1 N–H and O–H groups in total. The van der Waals surface area contributed by atoms with E-state index in [1.54, 1.807) is 20.8 Å². The van der Waals surface area contributed by atoms with Gasteiger partial charge in [-0.25, -0.2) is 17.8 Å². The van der Waals surface area contributed by atoms with Gasteiger partial charge in [-0.2, -0.15) is 13.2 Å². The molecule has 1 spiro atoms. The van der Waals surface area contributed by atoms with Crippen LogP contribution < -0.4 is 14.2 Å². The molecule has 2 aromatic rings. The Morgan fingerprint density at radius 3 is 2.46 bits per heavy atom. The fraction of sp³-hybridized carbons (Fsp3) is 0.643. The number of amides is 2. The highest BCUT2D eigenvalue weighted by Gasteiger charge is 2.64. The van der Waals surface area contributed by atoms with Gasteiger partial charge in [-0.05, 0) is 90.3 Å². The Morgan fingerprint density at radius 2 is 1.80 bits per heavy atom. The molecule has 6 atom stereocenters. The van der Waals surface area contributed by atoms with Gasteiger partial charge in [-0.15, -0.1) is 0 Å². The predicted molar refractivity (Wildman–Crippen MR) is 206 cm³/mol. The maximum absolute atomic E-state index is 16.8. The van der Waals surface area contributed by atoms with Crippen molar-refractivity contribution in [3.8, 4) is 11.5 Å². The average Bonchev–Trinajstić information content (AvgIpc) is 4.03. The molecule has 4 heterocycles. The molecule has 0 radical (unpaired) electrons. The van der Waals surface area contributed by atoms with Crippen LogP contribution in [0.1, 0.15) is 122 Å². The summed E-state index contributed by atoms with van der Waals surface area (Å²) < 4.78 is 106. The number of carbonyl (C=O) groups excluding carboxylic acids is 4. The molecule has 7 rings (SSSR count).